The maximum absolute atomic E-state index is 12.8. The number of nitrogens with zero attached hydrogens (tertiary/aromatic N) is 1. The highest BCUT2D eigenvalue weighted by Gasteiger charge is 2.29. The molecule has 2 aromatic rings. The molecule has 0 aliphatic carbocycles. The first kappa shape index (κ1) is 20.0. The summed E-state index contributed by atoms with van der Waals surface area (Å²) in [5.41, 5.74) is 1.13. The number of carbonyl (C=O) groups is 2. The van der Waals surface area contributed by atoms with Gasteiger partial charge in [-0.1, -0.05) is 17.7 Å². The van der Waals surface area contributed by atoms with Crippen LogP contribution in [-0.4, -0.2) is 44.0 Å². The molecule has 0 bridgehead atoms. The summed E-state index contributed by atoms with van der Waals surface area (Å²) in [6, 6.07) is 12.1. The van der Waals surface area contributed by atoms with Gasteiger partial charge in [0.05, 0.1) is 20.1 Å². The van der Waals surface area contributed by atoms with Crippen LogP contribution < -0.4 is 14.8 Å². The lowest BCUT2D eigenvalue weighted by molar-refractivity contribution is -0.121. The van der Waals surface area contributed by atoms with Gasteiger partial charge in [0, 0.05) is 47.6 Å². The molecule has 7 heteroatoms. The third-order valence-electron chi connectivity index (χ3n) is 4.77. The van der Waals surface area contributed by atoms with E-state index in [1.54, 1.807) is 61.6 Å². The molecule has 1 aliphatic rings. The Kier molecular flexibility index (Phi) is 6.41. The van der Waals surface area contributed by atoms with Gasteiger partial charge in [-0.3, -0.25) is 9.59 Å². The molecule has 3 rings (SSSR count). The van der Waals surface area contributed by atoms with E-state index in [4.69, 9.17) is 21.1 Å². The van der Waals surface area contributed by atoms with E-state index in [1.807, 2.05) is 0 Å². The van der Waals surface area contributed by atoms with Gasteiger partial charge in [0.15, 0.2) is 0 Å². The molecule has 0 radical (unpaired) electrons. The molecule has 0 unspecified atom stereocenters. The van der Waals surface area contributed by atoms with E-state index in [9.17, 15) is 9.59 Å². The number of carbonyl (C=O) groups excluding carboxylic acids is 2. The Morgan fingerprint density at radius 1 is 1.11 bits per heavy atom. The molecule has 28 heavy (non-hydrogen) atoms. The number of halogens is 1. The van der Waals surface area contributed by atoms with Crippen molar-refractivity contribution in [2.45, 2.75) is 12.8 Å². The van der Waals surface area contributed by atoms with Gasteiger partial charge >= 0.3 is 0 Å². The highest BCUT2D eigenvalue weighted by atomic mass is 35.5. The Balaban J connectivity index is 1.68. The zero-order chi connectivity index (χ0) is 20.1. The summed E-state index contributed by atoms with van der Waals surface area (Å²) < 4.78 is 10.5. The van der Waals surface area contributed by atoms with Crippen LogP contribution in [0.25, 0.3) is 0 Å². The molecule has 0 saturated carbocycles. The van der Waals surface area contributed by atoms with Crippen LogP contribution in [0.2, 0.25) is 5.02 Å². The van der Waals surface area contributed by atoms with Gasteiger partial charge in [-0.25, -0.2) is 0 Å². The lowest BCUT2D eigenvalue weighted by atomic mass is 9.96. The maximum Gasteiger partial charge on any atom is 0.253 e. The lowest BCUT2D eigenvalue weighted by Crippen LogP contribution is -2.43. The van der Waals surface area contributed by atoms with Crippen LogP contribution in [0.4, 0.5) is 5.69 Å². The third kappa shape index (κ3) is 4.75. The van der Waals surface area contributed by atoms with Gasteiger partial charge in [0.2, 0.25) is 5.91 Å². The van der Waals surface area contributed by atoms with Crippen molar-refractivity contribution < 1.29 is 19.1 Å². The van der Waals surface area contributed by atoms with E-state index in [-0.39, 0.29) is 17.7 Å². The molecule has 0 spiro atoms. The Hall–Kier alpha value is -2.73. The van der Waals surface area contributed by atoms with Gasteiger partial charge < -0.3 is 19.7 Å². The normalized spacial score (nSPS) is 16.4. The van der Waals surface area contributed by atoms with Crippen LogP contribution in [0.15, 0.2) is 42.5 Å². The van der Waals surface area contributed by atoms with Crippen LogP contribution in [0.5, 0.6) is 11.5 Å². The number of piperidine rings is 1. The van der Waals surface area contributed by atoms with Crippen molar-refractivity contribution in [3.63, 3.8) is 0 Å². The van der Waals surface area contributed by atoms with Gasteiger partial charge in [-0.2, -0.15) is 0 Å². The minimum Gasteiger partial charge on any atom is -0.497 e. The molecule has 1 atom stereocenters. The Labute approximate surface area is 169 Å². The Bertz CT molecular complexity index is 849. The fourth-order valence-corrected chi connectivity index (χ4v) is 3.49. The molecule has 6 nitrogen and oxygen atoms in total. The summed E-state index contributed by atoms with van der Waals surface area (Å²) in [5.74, 6) is 0.670. The molecule has 2 aromatic carbocycles. The number of rotatable bonds is 5. The van der Waals surface area contributed by atoms with E-state index < -0.39 is 0 Å². The molecule has 148 valence electrons. The number of hydrogen-bond acceptors (Lipinski definition) is 4. The monoisotopic (exact) mass is 402 g/mol. The first-order valence-electron chi connectivity index (χ1n) is 9.09. The van der Waals surface area contributed by atoms with Crippen molar-refractivity contribution >= 4 is 29.1 Å². The van der Waals surface area contributed by atoms with E-state index in [1.165, 1.54) is 0 Å². The predicted octanol–water partition coefficient (Wildman–Crippen LogP) is 3.85. The first-order valence-corrected chi connectivity index (χ1v) is 9.46. The van der Waals surface area contributed by atoms with Crippen LogP contribution in [0, 0.1) is 5.92 Å². The fourth-order valence-electron chi connectivity index (χ4n) is 3.30. The second-order valence-corrected chi connectivity index (χ2v) is 7.13. The summed E-state index contributed by atoms with van der Waals surface area (Å²) in [6.45, 7) is 1.00. The molecule has 2 amide bonds. The molecule has 1 aliphatic heterocycles. The number of ether oxygens (including phenoxy) is 2. The zero-order valence-electron chi connectivity index (χ0n) is 15.9. The number of likely N-dealkylation sites (tertiary alicyclic amines) is 1. The fraction of sp³-hybridized carbons (Fsp3) is 0.333. The van der Waals surface area contributed by atoms with E-state index >= 15 is 0 Å². The van der Waals surface area contributed by atoms with E-state index in [0.717, 1.165) is 12.8 Å². The average Bonchev–Trinajstić information content (AvgIpc) is 2.72. The van der Waals surface area contributed by atoms with E-state index in [0.29, 0.717) is 40.9 Å². The smallest absolute Gasteiger partial charge is 0.253 e. The molecule has 1 saturated heterocycles. The summed E-state index contributed by atoms with van der Waals surface area (Å²) in [7, 11) is 3.11. The predicted molar refractivity (Wildman–Crippen MR) is 108 cm³/mol. The van der Waals surface area contributed by atoms with Crippen LogP contribution in [0.3, 0.4) is 0 Å². The topological polar surface area (TPSA) is 67.9 Å². The first-order chi connectivity index (χ1) is 13.5. The number of methoxy groups -OCH3 is 2. The van der Waals surface area contributed by atoms with Crippen molar-refractivity contribution in [2.75, 3.05) is 32.6 Å². The minimum absolute atomic E-state index is 0.108. The second-order valence-electron chi connectivity index (χ2n) is 6.69. The number of amides is 2. The van der Waals surface area contributed by atoms with Crippen LogP contribution in [0.1, 0.15) is 23.2 Å². The summed E-state index contributed by atoms with van der Waals surface area (Å²) >= 11 is 5.99. The lowest BCUT2D eigenvalue weighted by Gasteiger charge is -2.32. The highest BCUT2D eigenvalue weighted by molar-refractivity contribution is 6.30. The highest BCUT2D eigenvalue weighted by Crippen LogP contribution is 2.27. The van der Waals surface area contributed by atoms with Crippen molar-refractivity contribution in [1.82, 2.24) is 4.90 Å². The van der Waals surface area contributed by atoms with E-state index in [2.05, 4.69) is 5.32 Å². The second kappa shape index (κ2) is 8.97. The van der Waals surface area contributed by atoms with Crippen molar-refractivity contribution in [1.29, 1.82) is 0 Å². The average molecular weight is 403 g/mol. The number of anilines is 1. The van der Waals surface area contributed by atoms with Crippen molar-refractivity contribution in [3.8, 4) is 11.5 Å². The van der Waals surface area contributed by atoms with Crippen LogP contribution in [-0.2, 0) is 4.79 Å². The minimum atomic E-state index is -0.283. The van der Waals surface area contributed by atoms with Crippen molar-refractivity contribution in [3.05, 3.63) is 53.1 Å². The van der Waals surface area contributed by atoms with Crippen molar-refractivity contribution in [2.24, 2.45) is 5.92 Å². The summed E-state index contributed by atoms with van der Waals surface area (Å²) in [4.78, 5) is 27.2. The number of benzene rings is 2. The zero-order valence-corrected chi connectivity index (χ0v) is 16.7. The van der Waals surface area contributed by atoms with Crippen LogP contribution >= 0.6 is 11.6 Å². The molecule has 1 N–H and O–H groups in total. The molecule has 1 fully saturated rings. The third-order valence-corrected chi connectivity index (χ3v) is 5.01. The molecular weight excluding hydrogens is 380 g/mol. The van der Waals surface area contributed by atoms with Gasteiger partial charge in [0.1, 0.15) is 11.5 Å². The SMILES string of the molecule is COc1cc(NC(=O)[C@H]2CCCN(C(=O)c3cccc(Cl)c3)C2)cc(OC)c1. The number of nitrogens with one attached hydrogen (secondary N) is 1. The molecule has 0 aromatic heterocycles. The summed E-state index contributed by atoms with van der Waals surface area (Å²) in [6.07, 6.45) is 1.50. The number of hydrogen-bond donors (Lipinski definition) is 1. The Morgan fingerprint density at radius 2 is 1.82 bits per heavy atom. The molecule has 1 heterocycles. The summed E-state index contributed by atoms with van der Waals surface area (Å²) in [5, 5.41) is 3.43. The quantitative estimate of drug-likeness (QED) is 0.824. The van der Waals surface area contributed by atoms with Gasteiger partial charge in [0.25, 0.3) is 5.91 Å². The molecular formula is C21H23ClN2O4. The van der Waals surface area contributed by atoms with Gasteiger partial charge in [-0.15, -0.1) is 0 Å². The van der Waals surface area contributed by atoms with Gasteiger partial charge in [-0.05, 0) is 31.0 Å². The largest absolute Gasteiger partial charge is 0.497 e. The standard InChI is InChI=1S/C21H23ClN2O4/c1-27-18-10-17(11-19(12-18)28-2)23-20(25)15-6-4-8-24(13-15)21(26)14-5-3-7-16(22)9-14/h3,5,7,9-12,15H,4,6,8,13H2,1-2H3,(H,23,25)/t15-/m0/s1. The Morgan fingerprint density at radius 3 is 2.46 bits per heavy atom. The maximum atomic E-state index is 12.8.